The summed E-state index contributed by atoms with van der Waals surface area (Å²) in [5.41, 5.74) is 0.892. The van der Waals surface area contributed by atoms with Crippen LogP contribution in [0, 0.1) is 0 Å². The van der Waals surface area contributed by atoms with Crippen molar-refractivity contribution >= 4 is 11.3 Å². The molecule has 0 saturated heterocycles. The summed E-state index contributed by atoms with van der Waals surface area (Å²) in [6.45, 7) is 0.706. The van der Waals surface area contributed by atoms with Gasteiger partial charge in [0.05, 0.1) is 12.8 Å². The second kappa shape index (κ2) is 4.46. The number of ether oxygens (including phenoxy) is 1. The molecule has 1 N–H and O–H groups in total. The maximum absolute atomic E-state index is 5.38. The minimum absolute atomic E-state index is 0.618. The zero-order valence-electron chi connectivity index (χ0n) is 8.61. The molecule has 0 aliphatic heterocycles. The zero-order chi connectivity index (χ0) is 10.7. The quantitative estimate of drug-likeness (QED) is 0.864. The summed E-state index contributed by atoms with van der Waals surface area (Å²) in [6, 6.07) is 1.90. The first-order valence-corrected chi connectivity index (χ1v) is 5.44. The molecule has 0 aromatic carbocycles. The molecule has 0 amide bonds. The van der Waals surface area contributed by atoms with Gasteiger partial charge in [0.2, 0.25) is 5.89 Å². The van der Waals surface area contributed by atoms with Crippen LogP contribution in [0.2, 0.25) is 0 Å². The fourth-order valence-electron chi connectivity index (χ4n) is 1.29. The molecule has 0 saturated carbocycles. The van der Waals surface area contributed by atoms with Crippen LogP contribution in [0.1, 0.15) is 5.69 Å². The highest BCUT2D eigenvalue weighted by Gasteiger charge is 2.12. The van der Waals surface area contributed by atoms with Crippen LogP contribution < -0.4 is 10.1 Å². The van der Waals surface area contributed by atoms with Crippen LogP contribution in [0.5, 0.6) is 5.75 Å². The predicted octanol–water partition coefficient (Wildman–Crippen LogP) is 2.13. The number of thiophene rings is 1. The molecule has 0 bridgehead atoms. The highest BCUT2D eigenvalue weighted by molar-refractivity contribution is 7.13. The average molecular weight is 224 g/mol. The van der Waals surface area contributed by atoms with Crippen LogP contribution in [0.3, 0.4) is 0 Å². The van der Waals surface area contributed by atoms with Crippen LogP contribution in [0.25, 0.3) is 10.8 Å². The predicted molar refractivity (Wildman–Crippen MR) is 59.1 cm³/mol. The fraction of sp³-hybridized carbons (Fsp3) is 0.300. The standard InChI is InChI=1S/C10H12N2O2S/c1-11-5-7-6-14-10(12-7)9-8(13-2)3-4-15-9/h3-4,6,11H,5H2,1-2H3. The third kappa shape index (κ3) is 2.03. The van der Waals surface area contributed by atoms with E-state index in [9.17, 15) is 0 Å². The van der Waals surface area contributed by atoms with Gasteiger partial charge >= 0.3 is 0 Å². The van der Waals surface area contributed by atoms with E-state index in [4.69, 9.17) is 9.15 Å². The van der Waals surface area contributed by atoms with Crippen molar-refractivity contribution in [2.75, 3.05) is 14.2 Å². The Kier molecular flexibility index (Phi) is 3.03. The first-order chi connectivity index (χ1) is 7.35. The number of methoxy groups -OCH3 is 1. The molecule has 0 spiro atoms. The molecule has 5 heteroatoms. The van der Waals surface area contributed by atoms with E-state index in [1.54, 1.807) is 24.7 Å². The minimum Gasteiger partial charge on any atom is -0.495 e. The van der Waals surface area contributed by atoms with E-state index in [1.165, 1.54) is 0 Å². The van der Waals surface area contributed by atoms with Crippen molar-refractivity contribution in [3.8, 4) is 16.5 Å². The summed E-state index contributed by atoms with van der Waals surface area (Å²) in [4.78, 5) is 5.28. The van der Waals surface area contributed by atoms with Gasteiger partial charge in [-0.25, -0.2) is 4.98 Å². The normalized spacial score (nSPS) is 10.5. The van der Waals surface area contributed by atoms with Gasteiger partial charge in [-0.05, 0) is 18.5 Å². The molecular formula is C10H12N2O2S. The number of aromatic nitrogens is 1. The first-order valence-electron chi connectivity index (χ1n) is 4.56. The molecule has 4 nitrogen and oxygen atoms in total. The van der Waals surface area contributed by atoms with Crippen molar-refractivity contribution in [1.82, 2.24) is 10.3 Å². The van der Waals surface area contributed by atoms with Crippen molar-refractivity contribution in [2.24, 2.45) is 0 Å². The zero-order valence-corrected chi connectivity index (χ0v) is 9.43. The molecule has 15 heavy (non-hydrogen) atoms. The van der Waals surface area contributed by atoms with Gasteiger partial charge < -0.3 is 14.5 Å². The third-order valence-corrected chi connectivity index (χ3v) is 2.84. The lowest BCUT2D eigenvalue weighted by Crippen LogP contribution is -2.04. The molecule has 2 aromatic heterocycles. The Bertz CT molecular complexity index is 436. The summed E-state index contributed by atoms with van der Waals surface area (Å²) < 4.78 is 10.6. The second-order valence-corrected chi connectivity index (χ2v) is 3.91. The molecule has 0 unspecified atom stereocenters. The summed E-state index contributed by atoms with van der Waals surface area (Å²) >= 11 is 1.56. The van der Waals surface area contributed by atoms with Crippen LogP contribution in [0.15, 0.2) is 22.1 Å². The molecule has 0 aliphatic rings. The van der Waals surface area contributed by atoms with Crippen LogP contribution >= 0.6 is 11.3 Å². The summed E-state index contributed by atoms with van der Waals surface area (Å²) in [7, 11) is 3.52. The Balaban J connectivity index is 2.28. The molecule has 80 valence electrons. The summed E-state index contributed by atoms with van der Waals surface area (Å²) in [5, 5.41) is 4.98. The van der Waals surface area contributed by atoms with Gasteiger partial charge in [0.1, 0.15) is 16.9 Å². The number of oxazole rings is 1. The fourth-order valence-corrected chi connectivity index (χ4v) is 2.08. The SMILES string of the molecule is CNCc1coc(-c2sccc2OC)n1. The van der Waals surface area contributed by atoms with Crippen molar-refractivity contribution in [3.63, 3.8) is 0 Å². The molecule has 0 aliphatic carbocycles. The first kappa shape index (κ1) is 10.2. The van der Waals surface area contributed by atoms with Crippen LogP contribution in [0.4, 0.5) is 0 Å². The summed E-state index contributed by atoms with van der Waals surface area (Å²) in [5.74, 6) is 1.42. The van der Waals surface area contributed by atoms with E-state index in [0.29, 0.717) is 12.4 Å². The average Bonchev–Trinajstić information content (AvgIpc) is 2.84. The Morgan fingerprint density at radius 3 is 3.20 bits per heavy atom. The van der Waals surface area contributed by atoms with Crippen molar-refractivity contribution < 1.29 is 9.15 Å². The molecule has 0 fully saturated rings. The lowest BCUT2D eigenvalue weighted by atomic mass is 10.4. The smallest absolute Gasteiger partial charge is 0.240 e. The highest BCUT2D eigenvalue weighted by atomic mass is 32.1. The van der Waals surface area contributed by atoms with Gasteiger partial charge in [0.25, 0.3) is 0 Å². The maximum atomic E-state index is 5.38. The van der Waals surface area contributed by atoms with Crippen LogP contribution in [-0.4, -0.2) is 19.1 Å². The van der Waals surface area contributed by atoms with E-state index >= 15 is 0 Å². The van der Waals surface area contributed by atoms with Crippen molar-refractivity contribution in [1.29, 1.82) is 0 Å². The largest absolute Gasteiger partial charge is 0.495 e. The summed E-state index contributed by atoms with van der Waals surface area (Å²) in [6.07, 6.45) is 1.66. The van der Waals surface area contributed by atoms with Crippen molar-refractivity contribution in [3.05, 3.63) is 23.4 Å². The number of nitrogens with zero attached hydrogens (tertiary/aromatic N) is 1. The Hall–Kier alpha value is -1.33. The van der Waals surface area contributed by atoms with E-state index in [-0.39, 0.29) is 0 Å². The Labute approximate surface area is 91.9 Å². The lowest BCUT2D eigenvalue weighted by Gasteiger charge is -1.96. The van der Waals surface area contributed by atoms with Gasteiger partial charge in [0, 0.05) is 6.54 Å². The van der Waals surface area contributed by atoms with E-state index in [2.05, 4.69) is 10.3 Å². The number of nitrogens with one attached hydrogen (secondary N) is 1. The van der Waals surface area contributed by atoms with Gasteiger partial charge in [-0.3, -0.25) is 0 Å². The van der Waals surface area contributed by atoms with E-state index in [0.717, 1.165) is 16.3 Å². The number of hydrogen-bond donors (Lipinski definition) is 1. The van der Waals surface area contributed by atoms with Crippen LogP contribution in [-0.2, 0) is 6.54 Å². The van der Waals surface area contributed by atoms with Gasteiger partial charge in [-0.2, -0.15) is 0 Å². The molecule has 2 heterocycles. The highest BCUT2D eigenvalue weighted by Crippen LogP contribution is 2.34. The molecule has 0 atom stereocenters. The van der Waals surface area contributed by atoms with Crippen molar-refractivity contribution in [2.45, 2.75) is 6.54 Å². The number of hydrogen-bond acceptors (Lipinski definition) is 5. The Morgan fingerprint density at radius 1 is 1.60 bits per heavy atom. The minimum atomic E-state index is 0.618. The molecule has 2 aromatic rings. The molecule has 0 radical (unpaired) electrons. The molecule has 2 rings (SSSR count). The molecular weight excluding hydrogens is 212 g/mol. The Morgan fingerprint density at radius 2 is 2.47 bits per heavy atom. The van der Waals surface area contributed by atoms with Gasteiger partial charge in [-0.15, -0.1) is 11.3 Å². The lowest BCUT2D eigenvalue weighted by molar-refractivity contribution is 0.416. The van der Waals surface area contributed by atoms with Gasteiger partial charge in [0.15, 0.2) is 0 Å². The monoisotopic (exact) mass is 224 g/mol. The second-order valence-electron chi connectivity index (χ2n) is 2.99. The van der Waals surface area contributed by atoms with E-state index < -0.39 is 0 Å². The number of rotatable bonds is 4. The topological polar surface area (TPSA) is 47.3 Å². The maximum Gasteiger partial charge on any atom is 0.240 e. The van der Waals surface area contributed by atoms with E-state index in [1.807, 2.05) is 18.5 Å². The van der Waals surface area contributed by atoms with Gasteiger partial charge in [-0.1, -0.05) is 0 Å². The third-order valence-electron chi connectivity index (χ3n) is 1.95.